The van der Waals surface area contributed by atoms with Gasteiger partial charge in [0.1, 0.15) is 0 Å². The minimum Gasteiger partial charge on any atom is -0.481 e. The van der Waals surface area contributed by atoms with Crippen LogP contribution in [0.5, 0.6) is 0 Å². The van der Waals surface area contributed by atoms with E-state index in [0.29, 0.717) is 12.8 Å². The van der Waals surface area contributed by atoms with Crippen LogP contribution in [0.4, 0.5) is 0 Å². The fourth-order valence-corrected chi connectivity index (χ4v) is 1.77. The molecule has 0 aromatic rings. The summed E-state index contributed by atoms with van der Waals surface area (Å²) in [6.07, 6.45) is 4.21. The average Bonchev–Trinajstić information content (AvgIpc) is 2.18. The Kier molecular flexibility index (Phi) is 3.24. The molecule has 0 heterocycles. The van der Waals surface area contributed by atoms with Gasteiger partial charge in [-0.15, -0.1) is 0 Å². The van der Waals surface area contributed by atoms with E-state index in [1.165, 1.54) is 13.0 Å². The summed E-state index contributed by atoms with van der Waals surface area (Å²) < 4.78 is 4.23. The average molecular weight is 212 g/mol. The lowest BCUT2D eigenvalue weighted by atomic mass is 9.71. The molecule has 5 nitrogen and oxygen atoms in total. The Hall–Kier alpha value is -1.65. The third-order valence-corrected chi connectivity index (χ3v) is 2.70. The second-order valence-electron chi connectivity index (χ2n) is 3.65. The molecule has 15 heavy (non-hydrogen) atoms. The highest BCUT2D eigenvalue weighted by atomic mass is 16.6. The van der Waals surface area contributed by atoms with E-state index in [9.17, 15) is 14.4 Å². The van der Waals surface area contributed by atoms with E-state index in [-0.39, 0.29) is 6.47 Å². The van der Waals surface area contributed by atoms with E-state index < -0.39 is 23.3 Å². The van der Waals surface area contributed by atoms with Crippen LogP contribution in [0.15, 0.2) is 12.2 Å². The predicted octanol–water partition coefficient (Wildman–Crippen LogP) is 0.743. The zero-order chi connectivity index (χ0) is 11.5. The van der Waals surface area contributed by atoms with Crippen LogP contribution in [0.2, 0.25) is 0 Å². The fraction of sp³-hybridized carbons (Fsp3) is 0.500. The van der Waals surface area contributed by atoms with Crippen molar-refractivity contribution < 1.29 is 24.2 Å². The summed E-state index contributed by atoms with van der Waals surface area (Å²) in [6, 6.07) is 0. The number of rotatable bonds is 3. The summed E-state index contributed by atoms with van der Waals surface area (Å²) >= 11 is 0. The molecule has 1 aliphatic rings. The number of ether oxygens (including phenoxy) is 1. The molecule has 0 aliphatic heterocycles. The van der Waals surface area contributed by atoms with Crippen LogP contribution >= 0.6 is 0 Å². The lowest BCUT2D eigenvalue weighted by Crippen LogP contribution is -2.41. The predicted molar refractivity (Wildman–Crippen MR) is 49.8 cm³/mol. The summed E-state index contributed by atoms with van der Waals surface area (Å²) in [5, 5.41) is 8.96. The number of aliphatic carboxylic acids is 1. The van der Waals surface area contributed by atoms with E-state index in [1.807, 2.05) is 0 Å². The molecule has 2 atom stereocenters. The molecule has 0 saturated heterocycles. The molecule has 2 unspecified atom stereocenters. The first-order chi connectivity index (χ1) is 7.02. The summed E-state index contributed by atoms with van der Waals surface area (Å²) in [5.41, 5.74) is -1.25. The van der Waals surface area contributed by atoms with Gasteiger partial charge < -0.3 is 9.84 Å². The normalized spacial score (nSPS) is 29.5. The van der Waals surface area contributed by atoms with Crippen molar-refractivity contribution >= 4 is 18.4 Å². The van der Waals surface area contributed by atoms with Crippen molar-refractivity contribution in [2.75, 3.05) is 0 Å². The van der Waals surface area contributed by atoms with E-state index >= 15 is 0 Å². The van der Waals surface area contributed by atoms with Crippen LogP contribution in [0.25, 0.3) is 0 Å². The summed E-state index contributed by atoms with van der Waals surface area (Å²) in [4.78, 5) is 32.5. The van der Waals surface area contributed by atoms with Gasteiger partial charge in [0.25, 0.3) is 0 Å². The van der Waals surface area contributed by atoms with Crippen molar-refractivity contribution in [3.63, 3.8) is 0 Å². The Morgan fingerprint density at radius 2 is 2.27 bits per heavy atom. The Balaban J connectivity index is 2.99. The van der Waals surface area contributed by atoms with E-state index in [2.05, 4.69) is 4.74 Å². The molecule has 0 saturated carbocycles. The third-order valence-electron chi connectivity index (χ3n) is 2.70. The molecular weight excluding hydrogens is 200 g/mol. The number of allylic oxidation sites excluding steroid dienone is 1. The van der Waals surface area contributed by atoms with E-state index in [1.54, 1.807) is 6.08 Å². The molecule has 0 bridgehead atoms. The van der Waals surface area contributed by atoms with Crippen LogP contribution in [0.3, 0.4) is 0 Å². The van der Waals surface area contributed by atoms with Gasteiger partial charge in [0.15, 0.2) is 0 Å². The van der Waals surface area contributed by atoms with Crippen molar-refractivity contribution in [3.05, 3.63) is 12.2 Å². The highest BCUT2D eigenvalue weighted by Crippen LogP contribution is 2.37. The number of carbonyl (C=O) groups is 3. The van der Waals surface area contributed by atoms with Gasteiger partial charge in [0.05, 0.1) is 11.3 Å². The maximum Gasteiger partial charge on any atom is 0.324 e. The summed E-state index contributed by atoms with van der Waals surface area (Å²) in [5.74, 6) is -2.71. The Morgan fingerprint density at radius 3 is 2.80 bits per heavy atom. The fourth-order valence-electron chi connectivity index (χ4n) is 1.77. The van der Waals surface area contributed by atoms with Crippen LogP contribution in [-0.2, 0) is 19.1 Å². The van der Waals surface area contributed by atoms with Gasteiger partial charge in [-0.05, 0) is 19.8 Å². The first-order valence-electron chi connectivity index (χ1n) is 4.57. The Morgan fingerprint density at radius 1 is 1.60 bits per heavy atom. The van der Waals surface area contributed by atoms with Gasteiger partial charge in [-0.1, -0.05) is 12.2 Å². The molecule has 0 radical (unpaired) electrons. The van der Waals surface area contributed by atoms with Crippen molar-refractivity contribution in [2.24, 2.45) is 11.3 Å². The maximum atomic E-state index is 11.5. The summed E-state index contributed by atoms with van der Waals surface area (Å²) in [6.45, 7) is 1.49. The van der Waals surface area contributed by atoms with Gasteiger partial charge in [-0.3, -0.25) is 14.4 Å². The molecule has 0 aromatic carbocycles. The highest BCUT2D eigenvalue weighted by Gasteiger charge is 2.45. The van der Waals surface area contributed by atoms with Crippen LogP contribution in [-0.4, -0.2) is 23.5 Å². The summed E-state index contributed by atoms with van der Waals surface area (Å²) in [7, 11) is 0. The molecule has 1 N–H and O–H groups in total. The number of carbonyl (C=O) groups excluding carboxylic acids is 2. The topological polar surface area (TPSA) is 80.7 Å². The number of hydrogen-bond donors (Lipinski definition) is 1. The molecule has 82 valence electrons. The zero-order valence-electron chi connectivity index (χ0n) is 8.30. The standard InChI is InChI=1S/C10H12O5/c1-10(9(14)15-6-11)5-3-2-4-7(10)8(12)13/h3,5-7H,2,4H2,1H3,(H,12,13). The van der Waals surface area contributed by atoms with Crippen molar-refractivity contribution in [1.29, 1.82) is 0 Å². The second-order valence-corrected chi connectivity index (χ2v) is 3.65. The first-order valence-corrected chi connectivity index (χ1v) is 4.57. The SMILES string of the molecule is CC1(C(=O)OC=O)C=CCCC1C(=O)O. The molecule has 5 heteroatoms. The minimum absolute atomic E-state index is 0.0228. The lowest BCUT2D eigenvalue weighted by Gasteiger charge is -2.31. The Labute approximate surface area is 86.7 Å². The largest absolute Gasteiger partial charge is 0.481 e. The lowest BCUT2D eigenvalue weighted by molar-refractivity contribution is -0.165. The first kappa shape index (κ1) is 11.4. The smallest absolute Gasteiger partial charge is 0.324 e. The number of carboxylic acids is 1. The van der Waals surface area contributed by atoms with Crippen LogP contribution in [0.1, 0.15) is 19.8 Å². The van der Waals surface area contributed by atoms with Gasteiger partial charge in [0.2, 0.25) is 0 Å². The highest BCUT2D eigenvalue weighted by molar-refractivity contribution is 5.89. The van der Waals surface area contributed by atoms with Gasteiger partial charge in [0, 0.05) is 0 Å². The monoisotopic (exact) mass is 212 g/mol. The van der Waals surface area contributed by atoms with Crippen LogP contribution in [0, 0.1) is 11.3 Å². The quantitative estimate of drug-likeness (QED) is 0.323. The van der Waals surface area contributed by atoms with Gasteiger partial charge in [-0.25, -0.2) is 0 Å². The second kappa shape index (κ2) is 4.25. The molecule has 0 amide bonds. The van der Waals surface area contributed by atoms with Crippen molar-refractivity contribution in [1.82, 2.24) is 0 Å². The maximum absolute atomic E-state index is 11.5. The zero-order valence-corrected chi connectivity index (χ0v) is 8.30. The van der Waals surface area contributed by atoms with E-state index in [4.69, 9.17) is 5.11 Å². The molecule has 0 fully saturated rings. The third kappa shape index (κ3) is 2.06. The van der Waals surface area contributed by atoms with Crippen molar-refractivity contribution in [2.45, 2.75) is 19.8 Å². The van der Waals surface area contributed by atoms with Gasteiger partial charge in [-0.2, -0.15) is 0 Å². The van der Waals surface area contributed by atoms with Crippen LogP contribution < -0.4 is 0 Å². The van der Waals surface area contributed by atoms with Gasteiger partial charge >= 0.3 is 18.4 Å². The molecule has 0 spiro atoms. The minimum atomic E-state index is -1.25. The van der Waals surface area contributed by atoms with Crippen molar-refractivity contribution in [3.8, 4) is 0 Å². The molecule has 1 rings (SSSR count). The van der Waals surface area contributed by atoms with E-state index in [0.717, 1.165) is 0 Å². The molecular formula is C10H12O5. The Bertz CT molecular complexity index is 320. The number of carboxylic acid groups (broad SMARTS) is 1. The number of esters is 1. The molecule has 1 aliphatic carbocycles. The number of hydrogen-bond acceptors (Lipinski definition) is 4. The molecule has 0 aromatic heterocycles.